The summed E-state index contributed by atoms with van der Waals surface area (Å²) in [6, 6.07) is 6.66. The highest BCUT2D eigenvalue weighted by atomic mass is 32.1. The van der Waals surface area contributed by atoms with Crippen LogP contribution in [0.3, 0.4) is 0 Å². The highest BCUT2D eigenvalue weighted by molar-refractivity contribution is 7.22. The standard InChI is InChI=1S/C14H18N2OS/c1-17-11-7-8-12-13(9-11)18-14(16-12)15-10-5-3-2-4-6-10/h7-10H,2-6H2,1H3,(H,15,16). The minimum absolute atomic E-state index is 0.612. The Bertz CT molecular complexity index is 532. The lowest BCUT2D eigenvalue weighted by Crippen LogP contribution is -2.21. The zero-order valence-corrected chi connectivity index (χ0v) is 11.4. The number of nitrogens with zero attached hydrogens (tertiary/aromatic N) is 1. The van der Waals surface area contributed by atoms with Crippen molar-refractivity contribution in [2.75, 3.05) is 12.4 Å². The van der Waals surface area contributed by atoms with E-state index in [4.69, 9.17) is 4.74 Å². The van der Waals surface area contributed by atoms with Crippen LogP contribution in [0.4, 0.5) is 5.13 Å². The van der Waals surface area contributed by atoms with Crippen molar-refractivity contribution in [1.29, 1.82) is 0 Å². The molecule has 1 aromatic carbocycles. The average Bonchev–Trinajstić information content (AvgIpc) is 2.80. The first-order chi connectivity index (χ1) is 8.85. The molecule has 1 aromatic heterocycles. The van der Waals surface area contributed by atoms with Crippen molar-refractivity contribution in [2.24, 2.45) is 0 Å². The van der Waals surface area contributed by atoms with Crippen LogP contribution >= 0.6 is 11.3 Å². The van der Waals surface area contributed by atoms with Crippen molar-refractivity contribution in [1.82, 2.24) is 4.98 Å². The normalized spacial score (nSPS) is 16.9. The van der Waals surface area contributed by atoms with Crippen LogP contribution in [0.1, 0.15) is 32.1 Å². The fourth-order valence-corrected chi connectivity index (χ4v) is 3.49. The minimum Gasteiger partial charge on any atom is -0.497 e. The van der Waals surface area contributed by atoms with E-state index in [1.54, 1.807) is 18.4 Å². The van der Waals surface area contributed by atoms with Gasteiger partial charge in [0, 0.05) is 6.04 Å². The second-order valence-corrected chi connectivity index (χ2v) is 5.86. The summed E-state index contributed by atoms with van der Waals surface area (Å²) < 4.78 is 6.43. The van der Waals surface area contributed by atoms with Crippen LogP contribution in [-0.4, -0.2) is 18.1 Å². The third kappa shape index (κ3) is 2.43. The lowest BCUT2D eigenvalue weighted by atomic mass is 9.96. The molecule has 0 saturated heterocycles. The Balaban J connectivity index is 1.79. The van der Waals surface area contributed by atoms with Crippen LogP contribution in [0.15, 0.2) is 18.2 Å². The summed E-state index contributed by atoms with van der Waals surface area (Å²) in [6.45, 7) is 0. The van der Waals surface area contributed by atoms with Gasteiger partial charge in [-0.05, 0) is 31.0 Å². The quantitative estimate of drug-likeness (QED) is 0.906. The van der Waals surface area contributed by atoms with Gasteiger partial charge in [0.15, 0.2) is 5.13 Å². The Morgan fingerprint density at radius 3 is 2.89 bits per heavy atom. The molecular weight excluding hydrogens is 244 g/mol. The van der Waals surface area contributed by atoms with Crippen molar-refractivity contribution >= 4 is 26.7 Å². The lowest BCUT2D eigenvalue weighted by Gasteiger charge is -2.22. The number of hydrogen-bond donors (Lipinski definition) is 1. The van der Waals surface area contributed by atoms with Crippen LogP contribution in [0.2, 0.25) is 0 Å². The maximum atomic E-state index is 5.24. The van der Waals surface area contributed by atoms with E-state index in [9.17, 15) is 0 Å². The van der Waals surface area contributed by atoms with Crippen LogP contribution < -0.4 is 10.1 Å². The average molecular weight is 262 g/mol. The first-order valence-electron chi connectivity index (χ1n) is 6.56. The molecule has 0 unspecified atom stereocenters. The summed E-state index contributed by atoms with van der Waals surface area (Å²) in [6.07, 6.45) is 6.63. The predicted molar refractivity (Wildman–Crippen MR) is 76.7 cm³/mol. The van der Waals surface area contributed by atoms with Gasteiger partial charge < -0.3 is 10.1 Å². The Labute approximate surface area is 111 Å². The molecule has 1 N–H and O–H groups in total. The first-order valence-corrected chi connectivity index (χ1v) is 7.38. The van der Waals surface area contributed by atoms with Gasteiger partial charge in [-0.3, -0.25) is 0 Å². The number of aromatic nitrogens is 1. The van der Waals surface area contributed by atoms with E-state index in [0.717, 1.165) is 16.4 Å². The number of ether oxygens (including phenoxy) is 1. The lowest BCUT2D eigenvalue weighted by molar-refractivity contribution is 0.415. The predicted octanol–water partition coefficient (Wildman–Crippen LogP) is 4.05. The molecule has 0 aliphatic heterocycles. The molecule has 0 amide bonds. The highest BCUT2D eigenvalue weighted by Gasteiger charge is 2.14. The number of fused-ring (bicyclic) bond motifs is 1. The molecule has 1 saturated carbocycles. The summed E-state index contributed by atoms with van der Waals surface area (Å²) in [5, 5.41) is 4.62. The maximum Gasteiger partial charge on any atom is 0.184 e. The largest absolute Gasteiger partial charge is 0.497 e. The molecule has 0 radical (unpaired) electrons. The Morgan fingerprint density at radius 1 is 1.28 bits per heavy atom. The molecule has 1 fully saturated rings. The van der Waals surface area contributed by atoms with Gasteiger partial charge in [0.25, 0.3) is 0 Å². The van der Waals surface area contributed by atoms with Gasteiger partial charge >= 0.3 is 0 Å². The zero-order chi connectivity index (χ0) is 12.4. The van der Waals surface area contributed by atoms with Gasteiger partial charge in [-0.25, -0.2) is 4.98 Å². The van der Waals surface area contributed by atoms with E-state index in [-0.39, 0.29) is 0 Å². The molecule has 4 heteroatoms. The fourth-order valence-electron chi connectivity index (χ4n) is 2.52. The zero-order valence-electron chi connectivity index (χ0n) is 10.6. The van der Waals surface area contributed by atoms with Gasteiger partial charge in [0.2, 0.25) is 0 Å². The van der Waals surface area contributed by atoms with Crippen LogP contribution in [-0.2, 0) is 0 Å². The SMILES string of the molecule is COc1ccc2nc(NC3CCCCC3)sc2c1. The number of thiazole rings is 1. The maximum absolute atomic E-state index is 5.24. The van der Waals surface area contributed by atoms with Crippen LogP contribution in [0, 0.1) is 0 Å². The smallest absolute Gasteiger partial charge is 0.184 e. The number of hydrogen-bond acceptors (Lipinski definition) is 4. The number of benzene rings is 1. The summed E-state index contributed by atoms with van der Waals surface area (Å²) in [5.74, 6) is 0.898. The van der Waals surface area contributed by atoms with Crippen molar-refractivity contribution in [3.63, 3.8) is 0 Å². The van der Waals surface area contributed by atoms with E-state index in [1.807, 2.05) is 12.1 Å². The van der Waals surface area contributed by atoms with Gasteiger partial charge in [-0.15, -0.1) is 0 Å². The van der Waals surface area contributed by atoms with Gasteiger partial charge in [0.1, 0.15) is 5.75 Å². The Morgan fingerprint density at radius 2 is 2.11 bits per heavy atom. The molecule has 0 spiro atoms. The number of anilines is 1. The summed E-state index contributed by atoms with van der Waals surface area (Å²) in [7, 11) is 1.70. The van der Waals surface area contributed by atoms with E-state index < -0.39 is 0 Å². The number of rotatable bonds is 3. The van der Waals surface area contributed by atoms with Gasteiger partial charge in [-0.1, -0.05) is 30.6 Å². The summed E-state index contributed by atoms with van der Waals surface area (Å²) >= 11 is 1.72. The van der Waals surface area contributed by atoms with Crippen molar-refractivity contribution in [3.8, 4) is 5.75 Å². The molecule has 3 nitrogen and oxygen atoms in total. The summed E-state index contributed by atoms with van der Waals surface area (Å²) in [5.41, 5.74) is 1.05. The second-order valence-electron chi connectivity index (χ2n) is 4.83. The topological polar surface area (TPSA) is 34.1 Å². The number of methoxy groups -OCH3 is 1. The molecule has 0 bridgehead atoms. The van der Waals surface area contributed by atoms with E-state index >= 15 is 0 Å². The van der Waals surface area contributed by atoms with E-state index in [2.05, 4.69) is 16.4 Å². The molecule has 3 rings (SSSR count). The Hall–Kier alpha value is -1.29. The van der Waals surface area contributed by atoms with Crippen LogP contribution in [0.5, 0.6) is 5.75 Å². The molecule has 96 valence electrons. The van der Waals surface area contributed by atoms with Crippen LogP contribution in [0.25, 0.3) is 10.2 Å². The molecule has 1 aliphatic rings. The van der Waals surface area contributed by atoms with Gasteiger partial charge in [-0.2, -0.15) is 0 Å². The van der Waals surface area contributed by atoms with Crippen molar-refractivity contribution < 1.29 is 4.74 Å². The molecule has 2 aromatic rings. The van der Waals surface area contributed by atoms with Crippen molar-refractivity contribution in [3.05, 3.63) is 18.2 Å². The first kappa shape index (κ1) is 11.8. The third-order valence-electron chi connectivity index (χ3n) is 3.53. The summed E-state index contributed by atoms with van der Waals surface area (Å²) in [4.78, 5) is 4.63. The minimum atomic E-state index is 0.612. The van der Waals surface area contributed by atoms with E-state index in [0.29, 0.717) is 6.04 Å². The Kier molecular flexibility index (Phi) is 3.37. The molecule has 1 heterocycles. The molecular formula is C14H18N2OS. The van der Waals surface area contributed by atoms with Gasteiger partial charge in [0.05, 0.1) is 17.3 Å². The number of nitrogens with one attached hydrogen (secondary N) is 1. The molecule has 18 heavy (non-hydrogen) atoms. The highest BCUT2D eigenvalue weighted by Crippen LogP contribution is 2.31. The second kappa shape index (κ2) is 5.14. The van der Waals surface area contributed by atoms with Crippen molar-refractivity contribution in [2.45, 2.75) is 38.1 Å². The molecule has 1 aliphatic carbocycles. The monoisotopic (exact) mass is 262 g/mol. The third-order valence-corrected chi connectivity index (χ3v) is 4.48. The van der Waals surface area contributed by atoms with E-state index in [1.165, 1.54) is 36.8 Å². The molecule has 0 atom stereocenters. The fraction of sp³-hybridized carbons (Fsp3) is 0.500.